The SMILES string of the molecule is CSC1CCCN(c2nc(N)ncc2Br)CC1. The zero-order valence-electron chi connectivity index (χ0n) is 9.90. The largest absolute Gasteiger partial charge is 0.368 e. The molecule has 0 aliphatic carbocycles. The highest BCUT2D eigenvalue weighted by atomic mass is 79.9. The maximum absolute atomic E-state index is 5.65. The Bertz CT molecular complexity index is 388. The summed E-state index contributed by atoms with van der Waals surface area (Å²) in [5.41, 5.74) is 5.65. The molecule has 0 aromatic carbocycles. The molecule has 0 radical (unpaired) electrons. The number of aromatic nitrogens is 2. The van der Waals surface area contributed by atoms with E-state index in [-0.39, 0.29) is 0 Å². The van der Waals surface area contributed by atoms with E-state index in [9.17, 15) is 0 Å². The van der Waals surface area contributed by atoms with E-state index in [4.69, 9.17) is 5.73 Å². The Morgan fingerprint density at radius 3 is 3.06 bits per heavy atom. The topological polar surface area (TPSA) is 55.0 Å². The predicted molar refractivity (Wildman–Crippen MR) is 77.5 cm³/mol. The first-order valence-electron chi connectivity index (χ1n) is 5.76. The maximum Gasteiger partial charge on any atom is 0.222 e. The van der Waals surface area contributed by atoms with Gasteiger partial charge in [0.2, 0.25) is 5.95 Å². The number of hydrogen-bond donors (Lipinski definition) is 1. The van der Waals surface area contributed by atoms with Crippen LogP contribution in [0.1, 0.15) is 19.3 Å². The third-order valence-corrected chi connectivity index (χ3v) is 4.75. The van der Waals surface area contributed by atoms with Crippen LogP contribution in [-0.4, -0.2) is 34.6 Å². The van der Waals surface area contributed by atoms with Crippen molar-refractivity contribution < 1.29 is 0 Å². The van der Waals surface area contributed by atoms with Gasteiger partial charge in [0.05, 0.1) is 4.47 Å². The molecule has 1 aromatic heterocycles. The highest BCUT2D eigenvalue weighted by molar-refractivity contribution is 9.10. The van der Waals surface area contributed by atoms with Crippen LogP contribution in [-0.2, 0) is 0 Å². The highest BCUT2D eigenvalue weighted by Crippen LogP contribution is 2.28. The van der Waals surface area contributed by atoms with Crippen LogP contribution in [0.25, 0.3) is 0 Å². The van der Waals surface area contributed by atoms with Crippen molar-refractivity contribution in [3.05, 3.63) is 10.7 Å². The summed E-state index contributed by atoms with van der Waals surface area (Å²) in [5, 5.41) is 0.776. The number of hydrogen-bond acceptors (Lipinski definition) is 5. The molecule has 1 aliphatic rings. The van der Waals surface area contributed by atoms with Crippen molar-refractivity contribution in [3.63, 3.8) is 0 Å². The van der Waals surface area contributed by atoms with Gasteiger partial charge in [0.1, 0.15) is 5.82 Å². The molecule has 2 heterocycles. The molecule has 4 nitrogen and oxygen atoms in total. The monoisotopic (exact) mass is 316 g/mol. The molecule has 1 aromatic rings. The van der Waals surface area contributed by atoms with E-state index >= 15 is 0 Å². The van der Waals surface area contributed by atoms with Crippen molar-refractivity contribution in [3.8, 4) is 0 Å². The van der Waals surface area contributed by atoms with Gasteiger partial charge in [-0.1, -0.05) is 0 Å². The van der Waals surface area contributed by atoms with Gasteiger partial charge in [-0.2, -0.15) is 16.7 Å². The van der Waals surface area contributed by atoms with Gasteiger partial charge in [-0.25, -0.2) is 4.98 Å². The third-order valence-electron chi connectivity index (χ3n) is 3.05. The Morgan fingerprint density at radius 2 is 2.29 bits per heavy atom. The van der Waals surface area contributed by atoms with Gasteiger partial charge in [0, 0.05) is 24.5 Å². The van der Waals surface area contributed by atoms with Gasteiger partial charge >= 0.3 is 0 Å². The minimum atomic E-state index is 0.342. The lowest BCUT2D eigenvalue weighted by Gasteiger charge is -2.22. The summed E-state index contributed by atoms with van der Waals surface area (Å²) < 4.78 is 0.925. The van der Waals surface area contributed by atoms with E-state index in [0.717, 1.165) is 28.6 Å². The van der Waals surface area contributed by atoms with Crippen LogP contribution in [0.3, 0.4) is 0 Å². The normalized spacial score (nSPS) is 21.3. The zero-order valence-corrected chi connectivity index (χ0v) is 12.3. The molecule has 1 saturated heterocycles. The van der Waals surface area contributed by atoms with Crippen molar-refractivity contribution >= 4 is 39.5 Å². The van der Waals surface area contributed by atoms with Gasteiger partial charge in [-0.05, 0) is 41.4 Å². The average Bonchev–Trinajstić information content (AvgIpc) is 2.57. The Balaban J connectivity index is 2.13. The second kappa shape index (κ2) is 5.91. The molecule has 1 atom stereocenters. The summed E-state index contributed by atoms with van der Waals surface area (Å²) >= 11 is 5.46. The molecule has 0 saturated carbocycles. The molecule has 17 heavy (non-hydrogen) atoms. The number of thioether (sulfide) groups is 1. The third kappa shape index (κ3) is 3.25. The number of nitrogens with zero attached hydrogens (tertiary/aromatic N) is 3. The summed E-state index contributed by atoms with van der Waals surface area (Å²) in [7, 11) is 0. The standard InChI is InChI=1S/C11H17BrN4S/c1-17-8-3-2-5-16(6-4-8)10-9(12)7-14-11(13)15-10/h7-8H,2-6H2,1H3,(H2,13,14,15). The number of halogens is 1. The van der Waals surface area contributed by atoms with Crippen molar-refractivity contribution in [1.82, 2.24) is 9.97 Å². The van der Waals surface area contributed by atoms with Crippen molar-refractivity contribution in [2.24, 2.45) is 0 Å². The Labute approximate surface area is 115 Å². The minimum absolute atomic E-state index is 0.342. The van der Waals surface area contributed by atoms with E-state index in [1.165, 1.54) is 19.3 Å². The van der Waals surface area contributed by atoms with E-state index in [0.29, 0.717) is 5.95 Å². The maximum atomic E-state index is 5.65. The van der Waals surface area contributed by atoms with Crippen LogP contribution in [0.5, 0.6) is 0 Å². The van der Waals surface area contributed by atoms with Crippen molar-refractivity contribution in [2.45, 2.75) is 24.5 Å². The van der Waals surface area contributed by atoms with Crippen molar-refractivity contribution in [1.29, 1.82) is 0 Å². The molecule has 0 spiro atoms. The quantitative estimate of drug-likeness (QED) is 0.908. The molecular formula is C11H17BrN4S. The second-order valence-electron chi connectivity index (χ2n) is 4.18. The van der Waals surface area contributed by atoms with Gasteiger partial charge < -0.3 is 10.6 Å². The molecule has 6 heteroatoms. The summed E-state index contributed by atoms with van der Waals surface area (Å²) in [6.45, 7) is 2.09. The van der Waals surface area contributed by atoms with Gasteiger partial charge in [-0.15, -0.1) is 0 Å². The fourth-order valence-electron chi connectivity index (χ4n) is 2.11. The average molecular weight is 317 g/mol. The van der Waals surface area contributed by atoms with Crippen LogP contribution in [0, 0.1) is 0 Å². The molecule has 0 bridgehead atoms. The van der Waals surface area contributed by atoms with Gasteiger partial charge in [0.15, 0.2) is 0 Å². The minimum Gasteiger partial charge on any atom is -0.368 e. The van der Waals surface area contributed by atoms with Crippen LogP contribution in [0.4, 0.5) is 11.8 Å². The highest BCUT2D eigenvalue weighted by Gasteiger charge is 2.19. The Kier molecular flexibility index (Phi) is 4.50. The second-order valence-corrected chi connectivity index (χ2v) is 6.17. The fraction of sp³-hybridized carbons (Fsp3) is 0.636. The lowest BCUT2D eigenvalue weighted by atomic mass is 10.2. The number of anilines is 2. The first kappa shape index (κ1) is 13.0. The number of rotatable bonds is 2. The first-order valence-corrected chi connectivity index (χ1v) is 7.84. The summed E-state index contributed by atoms with van der Waals surface area (Å²) in [6, 6.07) is 0. The number of nitrogens with two attached hydrogens (primary N) is 1. The molecule has 2 rings (SSSR count). The van der Waals surface area contributed by atoms with E-state index < -0.39 is 0 Å². The van der Waals surface area contributed by atoms with Gasteiger partial charge in [-0.3, -0.25) is 0 Å². The molecule has 1 aliphatic heterocycles. The number of nitrogen functional groups attached to an aromatic ring is 1. The summed E-state index contributed by atoms with van der Waals surface area (Å²) in [5.74, 6) is 1.27. The lowest BCUT2D eigenvalue weighted by Crippen LogP contribution is -2.26. The predicted octanol–water partition coefficient (Wildman–Crippen LogP) is 2.54. The Hall–Kier alpha value is -0.490. The molecule has 1 unspecified atom stereocenters. The molecule has 1 fully saturated rings. The molecule has 2 N–H and O–H groups in total. The van der Waals surface area contributed by atoms with E-state index in [2.05, 4.69) is 37.1 Å². The van der Waals surface area contributed by atoms with Crippen LogP contribution in [0.2, 0.25) is 0 Å². The van der Waals surface area contributed by atoms with Crippen LogP contribution < -0.4 is 10.6 Å². The van der Waals surface area contributed by atoms with Gasteiger partial charge in [0.25, 0.3) is 0 Å². The molecule has 94 valence electrons. The molecular weight excluding hydrogens is 300 g/mol. The van der Waals surface area contributed by atoms with Crippen LogP contribution in [0.15, 0.2) is 10.7 Å². The van der Waals surface area contributed by atoms with Crippen LogP contribution >= 0.6 is 27.7 Å². The summed E-state index contributed by atoms with van der Waals surface area (Å²) in [4.78, 5) is 10.6. The Morgan fingerprint density at radius 1 is 1.47 bits per heavy atom. The molecule has 0 amide bonds. The van der Waals surface area contributed by atoms with Crippen molar-refractivity contribution in [2.75, 3.05) is 30.0 Å². The summed E-state index contributed by atoms with van der Waals surface area (Å²) in [6.07, 6.45) is 7.63. The van der Waals surface area contributed by atoms with E-state index in [1.54, 1.807) is 6.20 Å². The lowest BCUT2D eigenvalue weighted by molar-refractivity contribution is 0.745. The van der Waals surface area contributed by atoms with E-state index in [1.807, 2.05) is 11.8 Å². The zero-order chi connectivity index (χ0) is 12.3. The smallest absolute Gasteiger partial charge is 0.222 e. The fourth-order valence-corrected chi connectivity index (χ4v) is 3.29. The first-order chi connectivity index (χ1) is 8.20.